The van der Waals surface area contributed by atoms with Gasteiger partial charge in [-0.15, -0.1) is 0 Å². The molecule has 12 rings (SSSR count). The van der Waals surface area contributed by atoms with Gasteiger partial charge < -0.3 is 0 Å². The highest BCUT2D eigenvalue weighted by molar-refractivity contribution is 6.19. The van der Waals surface area contributed by atoms with Crippen LogP contribution in [0.4, 0.5) is 0 Å². The van der Waals surface area contributed by atoms with Crippen molar-refractivity contribution >= 4 is 21.5 Å². The van der Waals surface area contributed by atoms with Gasteiger partial charge in [0.1, 0.15) is 6.07 Å². The smallest absolute Gasteiger partial charge is 0.164 e. The highest BCUT2D eigenvalue weighted by Gasteiger charge is 2.25. The Labute approximate surface area is 371 Å². The molecular formula is C60H36N4. The number of aromatic nitrogens is 3. The third-order valence-corrected chi connectivity index (χ3v) is 12.5. The molecule has 0 fully saturated rings. The summed E-state index contributed by atoms with van der Waals surface area (Å²) >= 11 is 0. The van der Waals surface area contributed by atoms with Gasteiger partial charge in [-0.1, -0.05) is 200 Å². The van der Waals surface area contributed by atoms with Crippen LogP contribution in [0.25, 0.3) is 122 Å². The fraction of sp³-hybridized carbons (Fsp3) is 0. The van der Waals surface area contributed by atoms with Gasteiger partial charge in [-0.25, -0.2) is 15.0 Å². The SMILES string of the molecule is N#Cc1c(-c2cccc(-c3ccccc3-c3nc(-c4ccccc4)nc(-c4ccc5ccccc5c4)n3)c2)cccc1-c1cccc(-c2ccc3cccc4c3c2-c2ccccc2-4)c1. The van der Waals surface area contributed by atoms with E-state index >= 15 is 0 Å². The van der Waals surface area contributed by atoms with Crippen LogP contribution in [0.3, 0.4) is 0 Å². The predicted octanol–water partition coefficient (Wildman–Crippen LogP) is 15.4. The van der Waals surface area contributed by atoms with Gasteiger partial charge in [0.25, 0.3) is 0 Å². The average molecular weight is 813 g/mol. The van der Waals surface area contributed by atoms with E-state index in [0.717, 1.165) is 66.4 Å². The quantitative estimate of drug-likeness (QED) is 0.161. The van der Waals surface area contributed by atoms with E-state index in [9.17, 15) is 5.26 Å². The van der Waals surface area contributed by atoms with Crippen molar-refractivity contribution in [3.05, 3.63) is 224 Å². The summed E-state index contributed by atoms with van der Waals surface area (Å²) in [7, 11) is 0. The Balaban J connectivity index is 0.946. The Bertz CT molecular complexity index is 3690. The van der Waals surface area contributed by atoms with E-state index in [2.05, 4.69) is 170 Å². The number of benzene rings is 10. The largest absolute Gasteiger partial charge is 0.208 e. The lowest BCUT2D eigenvalue weighted by Gasteiger charge is -2.15. The first-order chi connectivity index (χ1) is 31.7. The molecule has 0 unspecified atom stereocenters. The molecule has 0 radical (unpaired) electrons. The molecule has 0 aliphatic heterocycles. The standard InChI is InChI=1S/C60H36N4/c61-37-55-48(27-13-28-49(55)44-21-11-22-45(36-44)50-33-32-39-18-12-29-52-51-24-7-8-25-53(51)57(50)56(39)52)43-20-10-19-42(35-43)47-23-6-9-26-54(47)60-63-58(40-15-2-1-3-16-40)62-59(64-60)46-31-30-38-14-4-5-17-41(38)34-46/h1-36H. The second-order valence-corrected chi connectivity index (χ2v) is 16.2. The van der Waals surface area contributed by atoms with E-state index in [1.54, 1.807) is 0 Å². The van der Waals surface area contributed by atoms with Gasteiger partial charge in [0.05, 0.1) is 5.56 Å². The van der Waals surface area contributed by atoms with Gasteiger partial charge >= 0.3 is 0 Å². The Morgan fingerprint density at radius 2 is 0.766 bits per heavy atom. The molecule has 296 valence electrons. The first-order valence-corrected chi connectivity index (χ1v) is 21.5. The topological polar surface area (TPSA) is 62.5 Å². The second-order valence-electron chi connectivity index (χ2n) is 16.2. The van der Waals surface area contributed by atoms with E-state index < -0.39 is 0 Å². The molecule has 1 aromatic heterocycles. The molecule has 64 heavy (non-hydrogen) atoms. The van der Waals surface area contributed by atoms with Crippen LogP contribution >= 0.6 is 0 Å². The molecule has 1 aliphatic carbocycles. The molecule has 4 heteroatoms. The summed E-state index contributed by atoms with van der Waals surface area (Å²) in [4.78, 5) is 15.3. The van der Waals surface area contributed by atoms with Crippen LogP contribution < -0.4 is 0 Å². The van der Waals surface area contributed by atoms with Crippen LogP contribution in [0.15, 0.2) is 218 Å². The fourth-order valence-corrected chi connectivity index (χ4v) is 9.52. The van der Waals surface area contributed by atoms with Crippen LogP contribution in [0.5, 0.6) is 0 Å². The molecule has 0 saturated heterocycles. The summed E-state index contributed by atoms with van der Waals surface area (Å²) in [5.74, 6) is 1.80. The maximum absolute atomic E-state index is 10.9. The van der Waals surface area contributed by atoms with Gasteiger partial charge in [-0.3, -0.25) is 0 Å². The number of hydrogen-bond donors (Lipinski definition) is 0. The fourth-order valence-electron chi connectivity index (χ4n) is 9.52. The average Bonchev–Trinajstić information content (AvgIpc) is 3.71. The first kappa shape index (κ1) is 37.0. The molecule has 1 aliphatic rings. The van der Waals surface area contributed by atoms with Crippen molar-refractivity contribution in [3.63, 3.8) is 0 Å². The highest BCUT2D eigenvalue weighted by Crippen LogP contribution is 2.51. The molecule has 0 N–H and O–H groups in total. The molecule has 0 atom stereocenters. The maximum Gasteiger partial charge on any atom is 0.164 e. The van der Waals surface area contributed by atoms with Crippen LogP contribution in [0.1, 0.15) is 5.56 Å². The lowest BCUT2D eigenvalue weighted by Crippen LogP contribution is -2.01. The minimum Gasteiger partial charge on any atom is -0.208 e. The van der Waals surface area contributed by atoms with Crippen LogP contribution in [-0.4, -0.2) is 15.0 Å². The summed E-state index contributed by atoms with van der Waals surface area (Å²) in [6.45, 7) is 0. The molecule has 0 spiro atoms. The van der Waals surface area contributed by atoms with E-state index in [1.165, 1.54) is 38.6 Å². The van der Waals surface area contributed by atoms with Gasteiger partial charge in [-0.2, -0.15) is 5.26 Å². The summed E-state index contributed by atoms with van der Waals surface area (Å²) in [6.07, 6.45) is 0. The lowest BCUT2D eigenvalue weighted by atomic mass is 9.88. The Kier molecular flexibility index (Phi) is 8.84. The Morgan fingerprint density at radius 1 is 0.281 bits per heavy atom. The molecule has 4 nitrogen and oxygen atoms in total. The summed E-state index contributed by atoms with van der Waals surface area (Å²) in [5.41, 5.74) is 16.4. The number of nitrogens with zero attached hydrogens (tertiary/aromatic N) is 4. The Morgan fingerprint density at radius 3 is 1.50 bits per heavy atom. The van der Waals surface area contributed by atoms with Gasteiger partial charge in [-0.05, 0) is 95.4 Å². The minimum atomic E-state index is 0.585. The molecule has 11 aromatic rings. The normalized spacial score (nSPS) is 11.4. The number of rotatable bonds is 7. The zero-order valence-electron chi connectivity index (χ0n) is 34.6. The molecular weight excluding hydrogens is 777 g/mol. The minimum absolute atomic E-state index is 0.585. The van der Waals surface area contributed by atoms with Gasteiger partial charge in [0.2, 0.25) is 0 Å². The molecule has 0 saturated carbocycles. The van der Waals surface area contributed by atoms with E-state index in [1.807, 2.05) is 54.6 Å². The predicted molar refractivity (Wildman–Crippen MR) is 262 cm³/mol. The van der Waals surface area contributed by atoms with E-state index in [0.29, 0.717) is 23.0 Å². The van der Waals surface area contributed by atoms with Crippen molar-refractivity contribution < 1.29 is 0 Å². The van der Waals surface area contributed by atoms with Gasteiger partial charge in [0, 0.05) is 27.8 Å². The molecule has 10 aromatic carbocycles. The summed E-state index contributed by atoms with van der Waals surface area (Å²) in [5, 5.41) is 15.7. The van der Waals surface area contributed by atoms with Gasteiger partial charge in [0.15, 0.2) is 17.5 Å². The number of hydrogen-bond acceptors (Lipinski definition) is 4. The van der Waals surface area contributed by atoms with Crippen molar-refractivity contribution in [1.29, 1.82) is 5.26 Å². The first-order valence-electron chi connectivity index (χ1n) is 21.5. The lowest BCUT2D eigenvalue weighted by molar-refractivity contribution is 1.07. The monoisotopic (exact) mass is 812 g/mol. The van der Waals surface area contributed by atoms with E-state index in [4.69, 9.17) is 15.0 Å². The molecule has 0 amide bonds. The Hall–Kier alpha value is -8.78. The van der Waals surface area contributed by atoms with Crippen molar-refractivity contribution in [1.82, 2.24) is 15.0 Å². The third-order valence-electron chi connectivity index (χ3n) is 12.5. The van der Waals surface area contributed by atoms with Crippen molar-refractivity contribution in [2.24, 2.45) is 0 Å². The van der Waals surface area contributed by atoms with Crippen molar-refractivity contribution in [2.45, 2.75) is 0 Å². The number of fused-ring (bicyclic) bond motifs is 4. The molecule has 1 heterocycles. The second kappa shape index (κ2) is 15.3. The maximum atomic E-state index is 10.9. The highest BCUT2D eigenvalue weighted by atomic mass is 15.0. The van der Waals surface area contributed by atoms with Crippen molar-refractivity contribution in [2.75, 3.05) is 0 Å². The third kappa shape index (κ3) is 6.26. The zero-order valence-corrected chi connectivity index (χ0v) is 34.6. The zero-order chi connectivity index (χ0) is 42.6. The van der Waals surface area contributed by atoms with Crippen LogP contribution in [0.2, 0.25) is 0 Å². The summed E-state index contributed by atoms with van der Waals surface area (Å²) in [6, 6.07) is 78.6. The van der Waals surface area contributed by atoms with E-state index in [-0.39, 0.29) is 0 Å². The number of nitriles is 1. The van der Waals surface area contributed by atoms with Crippen molar-refractivity contribution in [3.8, 4) is 107 Å². The van der Waals surface area contributed by atoms with Crippen LogP contribution in [0, 0.1) is 11.3 Å². The molecule has 0 bridgehead atoms. The summed E-state index contributed by atoms with van der Waals surface area (Å²) < 4.78 is 0. The van der Waals surface area contributed by atoms with Crippen LogP contribution in [-0.2, 0) is 0 Å².